The Labute approximate surface area is 226 Å². The Hall–Kier alpha value is -3.49. The summed E-state index contributed by atoms with van der Waals surface area (Å²) in [5.41, 5.74) is 4.84. The lowest BCUT2D eigenvalue weighted by molar-refractivity contribution is 0.248. The summed E-state index contributed by atoms with van der Waals surface area (Å²) in [5, 5.41) is 16.3. The van der Waals surface area contributed by atoms with E-state index in [-0.39, 0.29) is 6.03 Å². The molecule has 2 amide bonds. The zero-order chi connectivity index (χ0) is 26.4. The molecule has 1 aromatic heterocycles. The quantitative estimate of drug-likeness (QED) is 0.226. The summed E-state index contributed by atoms with van der Waals surface area (Å²) < 4.78 is 7.32. The predicted octanol–water partition coefficient (Wildman–Crippen LogP) is 6.98. The minimum atomic E-state index is -0.425. The third kappa shape index (κ3) is 6.45. The number of nitrogens with zero attached hydrogens (tertiary/aromatic N) is 3. The van der Waals surface area contributed by atoms with Crippen molar-refractivity contribution in [3.63, 3.8) is 0 Å². The molecular weight excluding hydrogens is 506 g/mol. The van der Waals surface area contributed by atoms with Crippen LogP contribution < -0.4 is 15.4 Å². The van der Waals surface area contributed by atoms with Crippen LogP contribution in [-0.4, -0.2) is 27.9 Å². The number of halogens is 1. The zero-order valence-corrected chi connectivity index (χ0v) is 22.9. The van der Waals surface area contributed by atoms with Gasteiger partial charge in [0, 0.05) is 16.5 Å². The Morgan fingerprint density at radius 2 is 1.92 bits per heavy atom. The fourth-order valence-corrected chi connectivity index (χ4v) is 5.05. The van der Waals surface area contributed by atoms with Gasteiger partial charge in [0.25, 0.3) is 0 Å². The maximum absolute atomic E-state index is 12.9. The van der Waals surface area contributed by atoms with Gasteiger partial charge < -0.3 is 15.4 Å². The number of rotatable bonds is 9. The number of hydrogen-bond donors (Lipinski definition) is 2. The van der Waals surface area contributed by atoms with Gasteiger partial charge in [-0.25, -0.2) is 4.79 Å². The summed E-state index contributed by atoms with van der Waals surface area (Å²) in [6.07, 6.45) is 0.822. The zero-order valence-electron chi connectivity index (χ0n) is 21.3. The molecule has 1 heterocycles. The van der Waals surface area contributed by atoms with Crippen LogP contribution >= 0.6 is 23.4 Å². The average molecular weight is 536 g/mol. The standard InChI is InChI=1S/C28H30ClN5O2S/c1-5-21-10-6-7-12-24(21)31-27(35)30-19(3)26-32-33-28(34(26)25-16-22(29)14-13-18(25)2)37-17-20-9-8-11-23(15-20)36-4/h6-16,19H,5,17H2,1-4H3,(H2,30,31,35). The first-order valence-corrected chi connectivity index (χ1v) is 13.4. The van der Waals surface area contributed by atoms with Gasteiger partial charge in [0.2, 0.25) is 0 Å². The number of amides is 2. The highest BCUT2D eigenvalue weighted by Crippen LogP contribution is 2.31. The van der Waals surface area contributed by atoms with Crippen LogP contribution in [0.5, 0.6) is 5.75 Å². The summed E-state index contributed by atoms with van der Waals surface area (Å²) in [7, 11) is 1.66. The van der Waals surface area contributed by atoms with E-state index >= 15 is 0 Å². The van der Waals surface area contributed by atoms with E-state index in [4.69, 9.17) is 16.3 Å². The van der Waals surface area contributed by atoms with E-state index in [0.29, 0.717) is 21.8 Å². The van der Waals surface area contributed by atoms with Gasteiger partial charge >= 0.3 is 6.03 Å². The second-order valence-corrected chi connectivity index (χ2v) is 9.96. The lowest BCUT2D eigenvalue weighted by atomic mass is 10.1. The van der Waals surface area contributed by atoms with Crippen molar-refractivity contribution in [2.75, 3.05) is 12.4 Å². The first kappa shape index (κ1) is 26.6. The summed E-state index contributed by atoms with van der Waals surface area (Å²) in [4.78, 5) is 12.9. The maximum atomic E-state index is 12.9. The number of carbonyl (C=O) groups excluding carboxylic acids is 1. The van der Waals surface area contributed by atoms with Crippen LogP contribution in [0, 0.1) is 6.92 Å². The molecule has 1 unspecified atom stereocenters. The molecule has 4 rings (SSSR count). The van der Waals surface area contributed by atoms with E-state index in [1.54, 1.807) is 18.9 Å². The number of methoxy groups -OCH3 is 1. The first-order valence-electron chi connectivity index (χ1n) is 12.0. The molecular formula is C28H30ClN5O2S. The highest BCUT2D eigenvalue weighted by Gasteiger charge is 2.22. The molecule has 7 nitrogen and oxygen atoms in total. The van der Waals surface area contributed by atoms with E-state index in [1.165, 1.54) is 0 Å². The third-order valence-corrected chi connectivity index (χ3v) is 7.19. The van der Waals surface area contributed by atoms with Crippen molar-refractivity contribution in [1.82, 2.24) is 20.1 Å². The van der Waals surface area contributed by atoms with Crippen LogP contribution in [0.15, 0.2) is 71.9 Å². The van der Waals surface area contributed by atoms with Gasteiger partial charge in [0.05, 0.1) is 18.8 Å². The van der Waals surface area contributed by atoms with Crippen LogP contribution in [0.1, 0.15) is 42.4 Å². The van der Waals surface area contributed by atoms with Crippen molar-refractivity contribution < 1.29 is 9.53 Å². The smallest absolute Gasteiger partial charge is 0.319 e. The number of para-hydroxylation sites is 1. The van der Waals surface area contributed by atoms with Crippen molar-refractivity contribution in [3.8, 4) is 11.4 Å². The van der Waals surface area contributed by atoms with Crippen molar-refractivity contribution >= 4 is 35.1 Å². The molecule has 9 heteroatoms. The Morgan fingerprint density at radius 3 is 2.70 bits per heavy atom. The maximum Gasteiger partial charge on any atom is 0.319 e. The van der Waals surface area contributed by atoms with Crippen molar-refractivity contribution in [2.45, 2.75) is 44.1 Å². The van der Waals surface area contributed by atoms with E-state index in [0.717, 1.165) is 40.2 Å². The predicted molar refractivity (Wildman–Crippen MR) is 150 cm³/mol. The molecule has 37 heavy (non-hydrogen) atoms. The second-order valence-electron chi connectivity index (χ2n) is 8.58. The summed E-state index contributed by atoms with van der Waals surface area (Å²) >= 11 is 7.93. The number of thioether (sulfide) groups is 1. The molecule has 0 aliphatic carbocycles. The van der Waals surface area contributed by atoms with E-state index < -0.39 is 6.04 Å². The number of ether oxygens (including phenoxy) is 1. The molecule has 0 bridgehead atoms. The number of benzene rings is 3. The Balaban J connectivity index is 1.61. The van der Waals surface area contributed by atoms with Crippen LogP contribution in [0.4, 0.5) is 10.5 Å². The SMILES string of the molecule is CCc1ccccc1NC(=O)NC(C)c1nnc(SCc2cccc(OC)c2)n1-c1cc(Cl)ccc1C. The topological polar surface area (TPSA) is 81.1 Å². The Kier molecular flexibility index (Phi) is 8.74. The monoisotopic (exact) mass is 535 g/mol. The van der Waals surface area contributed by atoms with Gasteiger partial charge in [-0.3, -0.25) is 4.57 Å². The number of urea groups is 1. The molecule has 0 aliphatic rings. The molecule has 2 N–H and O–H groups in total. The van der Waals surface area contributed by atoms with E-state index in [2.05, 4.69) is 27.8 Å². The van der Waals surface area contributed by atoms with Gasteiger partial charge in [-0.15, -0.1) is 10.2 Å². The Morgan fingerprint density at radius 1 is 1.11 bits per heavy atom. The van der Waals surface area contributed by atoms with E-state index in [1.807, 2.05) is 85.1 Å². The molecule has 0 saturated carbocycles. The number of nitrogens with one attached hydrogen (secondary N) is 2. The van der Waals surface area contributed by atoms with E-state index in [9.17, 15) is 4.79 Å². The third-order valence-electron chi connectivity index (χ3n) is 5.95. The number of aromatic nitrogens is 3. The fraction of sp³-hybridized carbons (Fsp3) is 0.250. The van der Waals surface area contributed by atoms with Crippen molar-refractivity contribution in [3.05, 3.63) is 94.3 Å². The number of aryl methyl sites for hydroxylation is 2. The fourth-order valence-electron chi connectivity index (χ4n) is 3.99. The summed E-state index contributed by atoms with van der Waals surface area (Å²) in [5.74, 6) is 2.09. The number of anilines is 1. The number of carbonyl (C=O) groups is 1. The lowest BCUT2D eigenvalue weighted by Crippen LogP contribution is -2.32. The van der Waals surface area contributed by atoms with Crippen LogP contribution in [-0.2, 0) is 12.2 Å². The molecule has 0 spiro atoms. The highest BCUT2D eigenvalue weighted by molar-refractivity contribution is 7.98. The van der Waals surface area contributed by atoms with Gasteiger partial charge in [-0.2, -0.15) is 0 Å². The molecule has 192 valence electrons. The van der Waals surface area contributed by atoms with Gasteiger partial charge in [0.1, 0.15) is 5.75 Å². The summed E-state index contributed by atoms with van der Waals surface area (Å²) in [6, 6.07) is 20.7. The Bertz CT molecular complexity index is 1390. The molecule has 4 aromatic rings. The highest BCUT2D eigenvalue weighted by atomic mass is 35.5. The molecule has 0 fully saturated rings. The molecule has 0 radical (unpaired) electrons. The van der Waals surface area contributed by atoms with Crippen LogP contribution in [0.3, 0.4) is 0 Å². The van der Waals surface area contributed by atoms with Crippen LogP contribution in [0.2, 0.25) is 5.02 Å². The van der Waals surface area contributed by atoms with Gasteiger partial charge in [-0.1, -0.05) is 66.7 Å². The minimum absolute atomic E-state index is 0.309. The first-order chi connectivity index (χ1) is 17.9. The van der Waals surface area contributed by atoms with Gasteiger partial charge in [0.15, 0.2) is 11.0 Å². The minimum Gasteiger partial charge on any atom is -0.497 e. The number of hydrogen-bond acceptors (Lipinski definition) is 5. The largest absolute Gasteiger partial charge is 0.497 e. The average Bonchev–Trinajstić information content (AvgIpc) is 3.33. The normalized spacial score (nSPS) is 11.7. The molecule has 0 saturated heterocycles. The second kappa shape index (κ2) is 12.2. The van der Waals surface area contributed by atoms with Crippen LogP contribution in [0.25, 0.3) is 5.69 Å². The summed E-state index contributed by atoms with van der Waals surface area (Å²) in [6.45, 7) is 5.96. The van der Waals surface area contributed by atoms with Crippen molar-refractivity contribution in [2.24, 2.45) is 0 Å². The molecule has 3 aromatic carbocycles. The van der Waals surface area contributed by atoms with Gasteiger partial charge in [-0.05, 0) is 67.3 Å². The van der Waals surface area contributed by atoms with Crippen molar-refractivity contribution in [1.29, 1.82) is 0 Å². The lowest BCUT2D eigenvalue weighted by Gasteiger charge is -2.19. The molecule has 0 aliphatic heterocycles. The molecule has 1 atom stereocenters.